The Morgan fingerprint density at radius 1 is 1.25 bits per heavy atom. The number of aryl methyl sites for hydroxylation is 1. The van der Waals surface area contributed by atoms with Crippen molar-refractivity contribution in [1.82, 2.24) is 5.16 Å². The van der Waals surface area contributed by atoms with E-state index in [-0.39, 0.29) is 0 Å². The molecule has 150 valence electrons. The number of amides is 1. The first-order valence-electron chi connectivity index (χ1n) is 9.37. The average Bonchev–Trinajstić information content (AvgIpc) is 3.09. The highest BCUT2D eigenvalue weighted by Gasteiger charge is 2.22. The van der Waals surface area contributed by atoms with Crippen molar-refractivity contribution in [2.24, 2.45) is 0 Å². The number of ether oxygens (including phenoxy) is 2. The van der Waals surface area contributed by atoms with Crippen LogP contribution in [0.25, 0.3) is 6.08 Å². The predicted molar refractivity (Wildman–Crippen MR) is 106 cm³/mol. The predicted octanol–water partition coefficient (Wildman–Crippen LogP) is 4.14. The van der Waals surface area contributed by atoms with Crippen molar-refractivity contribution in [2.45, 2.75) is 46.1 Å². The summed E-state index contributed by atoms with van der Waals surface area (Å²) >= 11 is 0. The molecule has 1 aromatic carbocycles. The molecule has 1 atom stereocenters. The third-order valence-corrected chi connectivity index (χ3v) is 3.85. The molecule has 0 saturated heterocycles. The van der Waals surface area contributed by atoms with Gasteiger partial charge >= 0.3 is 5.97 Å². The Morgan fingerprint density at radius 2 is 2.00 bits per heavy atom. The van der Waals surface area contributed by atoms with Crippen molar-refractivity contribution in [3.63, 3.8) is 0 Å². The number of aromatic nitrogens is 1. The molecule has 0 saturated carbocycles. The maximum Gasteiger partial charge on any atom is 0.331 e. The number of carbonyl (C=O) groups excluding carboxylic acids is 2. The topological polar surface area (TPSA) is 90.7 Å². The Bertz CT molecular complexity index is 795. The monoisotopic (exact) mass is 386 g/mol. The van der Waals surface area contributed by atoms with Crippen molar-refractivity contribution in [3.05, 3.63) is 47.7 Å². The number of hydrogen-bond donors (Lipinski definition) is 1. The Labute approximate surface area is 164 Å². The summed E-state index contributed by atoms with van der Waals surface area (Å²) in [5.41, 5.74) is 0.827. The number of nitrogens with one attached hydrogen (secondary N) is 1. The molecule has 2 rings (SSSR count). The Morgan fingerprint density at radius 3 is 2.61 bits per heavy atom. The molecule has 1 N–H and O–H groups in total. The van der Waals surface area contributed by atoms with Gasteiger partial charge < -0.3 is 19.3 Å². The lowest BCUT2D eigenvalue weighted by Gasteiger charge is -2.15. The molecular formula is C21H26N2O5. The summed E-state index contributed by atoms with van der Waals surface area (Å²) < 4.78 is 15.7. The quantitative estimate of drug-likeness (QED) is 0.488. The molecule has 28 heavy (non-hydrogen) atoms. The van der Waals surface area contributed by atoms with Crippen LogP contribution in [0.4, 0.5) is 5.82 Å². The lowest BCUT2D eigenvalue weighted by Crippen LogP contribution is -2.32. The molecule has 0 bridgehead atoms. The first-order valence-corrected chi connectivity index (χ1v) is 9.37. The van der Waals surface area contributed by atoms with E-state index in [2.05, 4.69) is 10.5 Å². The molecule has 0 aliphatic carbocycles. The van der Waals surface area contributed by atoms with Gasteiger partial charge in [0.15, 0.2) is 11.9 Å². The zero-order valence-corrected chi connectivity index (χ0v) is 16.4. The fraction of sp³-hybridized carbons (Fsp3) is 0.381. The summed E-state index contributed by atoms with van der Waals surface area (Å²) in [6.07, 6.45) is 4.12. The molecule has 2 aromatic rings. The number of rotatable bonds is 10. The molecule has 0 radical (unpaired) electrons. The molecule has 0 fully saturated rings. The molecular weight excluding hydrogens is 360 g/mol. The van der Waals surface area contributed by atoms with Gasteiger partial charge in [0.05, 0.1) is 6.61 Å². The number of benzene rings is 1. The molecule has 7 nitrogen and oxygen atoms in total. The van der Waals surface area contributed by atoms with Crippen LogP contribution in [0.15, 0.2) is 40.9 Å². The fourth-order valence-corrected chi connectivity index (χ4v) is 2.45. The van der Waals surface area contributed by atoms with Gasteiger partial charge in [-0.1, -0.05) is 30.6 Å². The third-order valence-electron chi connectivity index (χ3n) is 3.85. The maximum absolute atomic E-state index is 12.4. The summed E-state index contributed by atoms with van der Waals surface area (Å²) in [5.74, 6) is 0.633. The van der Waals surface area contributed by atoms with Gasteiger partial charge in [-0.2, -0.15) is 0 Å². The van der Waals surface area contributed by atoms with E-state index in [1.54, 1.807) is 19.1 Å². The van der Waals surface area contributed by atoms with Crippen molar-refractivity contribution >= 4 is 23.8 Å². The van der Waals surface area contributed by atoms with Gasteiger partial charge in [-0.3, -0.25) is 4.79 Å². The minimum atomic E-state index is -0.894. The molecule has 7 heteroatoms. The summed E-state index contributed by atoms with van der Waals surface area (Å²) in [6, 6.07) is 8.92. The van der Waals surface area contributed by atoms with Gasteiger partial charge in [0.25, 0.3) is 5.91 Å². The first-order chi connectivity index (χ1) is 13.5. The second-order valence-electron chi connectivity index (χ2n) is 6.22. The number of esters is 1. The van der Waals surface area contributed by atoms with Gasteiger partial charge in [0.1, 0.15) is 11.5 Å². The zero-order valence-electron chi connectivity index (χ0n) is 16.4. The summed E-state index contributed by atoms with van der Waals surface area (Å²) in [4.78, 5) is 24.6. The molecule has 1 unspecified atom stereocenters. The molecule has 1 amide bonds. The highest BCUT2D eigenvalue weighted by atomic mass is 16.5. The van der Waals surface area contributed by atoms with Gasteiger partial charge in [0.2, 0.25) is 0 Å². The van der Waals surface area contributed by atoms with E-state index >= 15 is 0 Å². The second-order valence-corrected chi connectivity index (χ2v) is 6.22. The molecule has 1 heterocycles. The van der Waals surface area contributed by atoms with Crippen LogP contribution in [-0.4, -0.2) is 29.7 Å². The van der Waals surface area contributed by atoms with Crippen molar-refractivity contribution in [3.8, 4) is 5.75 Å². The van der Waals surface area contributed by atoms with Crippen LogP contribution in [0.3, 0.4) is 0 Å². The summed E-state index contributed by atoms with van der Waals surface area (Å²) in [6.45, 7) is 6.24. The van der Waals surface area contributed by atoms with E-state index < -0.39 is 18.0 Å². The largest absolute Gasteiger partial charge is 0.494 e. The van der Waals surface area contributed by atoms with Gasteiger partial charge in [-0.05, 0) is 50.5 Å². The van der Waals surface area contributed by atoms with E-state index in [1.807, 2.05) is 38.1 Å². The van der Waals surface area contributed by atoms with E-state index in [9.17, 15) is 9.59 Å². The number of unbranched alkanes of at least 4 members (excludes halogenated alkanes) is 1. The van der Waals surface area contributed by atoms with Gasteiger partial charge in [0, 0.05) is 12.1 Å². The number of hydrogen-bond acceptors (Lipinski definition) is 6. The molecule has 0 aliphatic heterocycles. The van der Waals surface area contributed by atoms with E-state index in [4.69, 9.17) is 14.0 Å². The van der Waals surface area contributed by atoms with E-state index in [0.29, 0.717) is 24.6 Å². The normalized spacial score (nSPS) is 12.0. The van der Waals surface area contributed by atoms with Crippen LogP contribution in [0.5, 0.6) is 5.75 Å². The fourth-order valence-electron chi connectivity index (χ4n) is 2.45. The van der Waals surface area contributed by atoms with Crippen molar-refractivity contribution < 1.29 is 23.6 Å². The van der Waals surface area contributed by atoms with Crippen LogP contribution in [0.1, 0.15) is 44.4 Å². The lowest BCUT2D eigenvalue weighted by molar-refractivity contribution is -0.149. The number of anilines is 1. The second kappa shape index (κ2) is 10.9. The van der Waals surface area contributed by atoms with Crippen molar-refractivity contribution in [1.29, 1.82) is 0 Å². The molecule has 1 aromatic heterocycles. The minimum Gasteiger partial charge on any atom is -0.494 e. The smallest absolute Gasteiger partial charge is 0.331 e. The van der Waals surface area contributed by atoms with Gasteiger partial charge in [-0.25, -0.2) is 4.79 Å². The standard InChI is InChI=1S/C21H26N2O5/c1-4-6-7-18(21(25)22-19-14-15(3)28-23-19)27-20(24)13-10-16-8-11-17(12-9-16)26-5-2/h8-14,18H,4-7H2,1-3H3,(H,22,23,25)/b13-10+. The Balaban J connectivity index is 1.95. The third kappa shape index (κ3) is 6.90. The highest BCUT2D eigenvalue weighted by Crippen LogP contribution is 2.14. The van der Waals surface area contributed by atoms with E-state index in [1.165, 1.54) is 6.08 Å². The summed E-state index contributed by atoms with van der Waals surface area (Å²) in [7, 11) is 0. The Hall–Kier alpha value is -3.09. The van der Waals surface area contributed by atoms with Crippen LogP contribution in [0, 0.1) is 6.92 Å². The zero-order chi connectivity index (χ0) is 20.4. The first kappa shape index (κ1) is 21.2. The van der Waals surface area contributed by atoms with Crippen LogP contribution >= 0.6 is 0 Å². The minimum absolute atomic E-state index is 0.296. The van der Waals surface area contributed by atoms with Gasteiger partial charge in [-0.15, -0.1) is 0 Å². The highest BCUT2D eigenvalue weighted by molar-refractivity contribution is 5.96. The van der Waals surface area contributed by atoms with Crippen LogP contribution in [-0.2, 0) is 14.3 Å². The Kier molecular flexibility index (Phi) is 8.27. The van der Waals surface area contributed by atoms with Crippen molar-refractivity contribution in [2.75, 3.05) is 11.9 Å². The van der Waals surface area contributed by atoms with Crippen LogP contribution in [0.2, 0.25) is 0 Å². The molecule has 0 aliphatic rings. The van der Waals surface area contributed by atoms with E-state index in [0.717, 1.165) is 24.2 Å². The number of nitrogens with zero attached hydrogens (tertiary/aromatic N) is 1. The maximum atomic E-state index is 12.4. The van der Waals surface area contributed by atoms with Crippen LogP contribution < -0.4 is 10.1 Å². The SMILES string of the molecule is CCCCC(OC(=O)/C=C/c1ccc(OCC)cc1)C(=O)Nc1cc(C)on1. The lowest BCUT2D eigenvalue weighted by atomic mass is 10.1. The number of carbonyl (C=O) groups is 2. The average molecular weight is 386 g/mol. The molecule has 0 spiro atoms. The summed E-state index contributed by atoms with van der Waals surface area (Å²) in [5, 5.41) is 6.33.